The zero-order valence-electron chi connectivity index (χ0n) is 14.5. The summed E-state index contributed by atoms with van der Waals surface area (Å²) in [4.78, 5) is 14.3. The molecule has 0 saturated carbocycles. The number of aromatic nitrogens is 3. The molecule has 0 unspecified atom stereocenters. The smallest absolute Gasteiger partial charge is 0.188 e. The van der Waals surface area contributed by atoms with Gasteiger partial charge in [0, 0.05) is 28.7 Å². The number of para-hydroxylation sites is 1. The largest absolute Gasteiger partial charge is 0.453 e. The van der Waals surface area contributed by atoms with E-state index in [2.05, 4.69) is 20.3 Å². The van der Waals surface area contributed by atoms with Gasteiger partial charge in [-0.2, -0.15) is 0 Å². The van der Waals surface area contributed by atoms with Crippen LogP contribution in [-0.4, -0.2) is 15.0 Å². The number of nitrogens with zero attached hydrogens (tertiary/aromatic N) is 3. The molecule has 5 nitrogen and oxygen atoms in total. The first-order valence-electron chi connectivity index (χ1n) is 8.27. The van der Waals surface area contributed by atoms with Gasteiger partial charge in [-0.1, -0.05) is 36.0 Å². The molecule has 0 radical (unpaired) electrons. The Kier molecular flexibility index (Phi) is 5.32. The molecule has 3 heterocycles. The highest BCUT2D eigenvalue weighted by Crippen LogP contribution is 2.35. The first-order valence-corrected chi connectivity index (χ1v) is 9.97. The second-order valence-electron chi connectivity index (χ2n) is 5.62. The number of anilines is 2. The maximum Gasteiger partial charge on any atom is 0.188 e. The predicted molar refractivity (Wildman–Crippen MR) is 109 cm³/mol. The van der Waals surface area contributed by atoms with Crippen LogP contribution in [0.5, 0.6) is 11.5 Å². The van der Waals surface area contributed by atoms with Crippen LogP contribution < -0.4 is 10.1 Å². The number of pyridine rings is 2. The van der Waals surface area contributed by atoms with E-state index in [0.717, 1.165) is 26.5 Å². The van der Waals surface area contributed by atoms with Gasteiger partial charge in [-0.05, 0) is 31.2 Å². The van der Waals surface area contributed by atoms with Crippen LogP contribution in [0.3, 0.4) is 0 Å². The van der Waals surface area contributed by atoms with Crippen LogP contribution in [0, 0.1) is 6.92 Å². The Morgan fingerprint density at radius 1 is 1.04 bits per heavy atom. The van der Waals surface area contributed by atoms with Gasteiger partial charge in [0.05, 0.1) is 5.69 Å². The molecule has 4 rings (SSSR count). The lowest BCUT2D eigenvalue weighted by Gasteiger charge is -2.12. The number of benzene rings is 1. The number of thiazole rings is 1. The number of hydrogen-bond donors (Lipinski definition) is 1. The molecule has 0 aliphatic rings. The van der Waals surface area contributed by atoms with Gasteiger partial charge in [0.1, 0.15) is 10.8 Å². The monoisotopic (exact) mass is 392 g/mol. The molecule has 4 aromatic rings. The zero-order valence-corrected chi connectivity index (χ0v) is 16.1. The molecular weight excluding hydrogens is 376 g/mol. The third-order valence-corrected chi connectivity index (χ3v) is 5.29. The highest BCUT2D eigenvalue weighted by Gasteiger charge is 2.12. The van der Waals surface area contributed by atoms with Crippen molar-refractivity contribution in [1.82, 2.24) is 15.0 Å². The van der Waals surface area contributed by atoms with Crippen LogP contribution in [0.1, 0.15) is 5.69 Å². The van der Waals surface area contributed by atoms with Crippen molar-refractivity contribution in [2.45, 2.75) is 16.8 Å². The zero-order chi connectivity index (χ0) is 18.5. The van der Waals surface area contributed by atoms with Crippen molar-refractivity contribution in [1.29, 1.82) is 0 Å². The number of aryl methyl sites for hydroxylation is 1. The van der Waals surface area contributed by atoms with E-state index in [9.17, 15) is 0 Å². The molecule has 7 heteroatoms. The predicted octanol–water partition coefficient (Wildman–Crippen LogP) is 5.93. The lowest BCUT2D eigenvalue weighted by molar-refractivity contribution is 0.481. The molecule has 0 saturated heterocycles. The van der Waals surface area contributed by atoms with Gasteiger partial charge in [0.2, 0.25) is 0 Å². The summed E-state index contributed by atoms with van der Waals surface area (Å²) in [5.41, 5.74) is 0.968. The third kappa shape index (κ3) is 4.64. The van der Waals surface area contributed by atoms with Gasteiger partial charge >= 0.3 is 0 Å². The Bertz CT molecular complexity index is 1020. The number of rotatable bonds is 6. The molecule has 0 aliphatic carbocycles. The first kappa shape index (κ1) is 17.5. The molecule has 134 valence electrons. The Morgan fingerprint density at radius 2 is 1.89 bits per heavy atom. The number of nitrogens with one attached hydrogen (secondary N) is 1. The summed E-state index contributed by atoms with van der Waals surface area (Å²) in [6, 6.07) is 17.4. The quantitative estimate of drug-likeness (QED) is 0.439. The van der Waals surface area contributed by atoms with E-state index in [1.54, 1.807) is 12.4 Å². The molecule has 0 amide bonds. The van der Waals surface area contributed by atoms with E-state index in [4.69, 9.17) is 4.74 Å². The molecule has 3 aromatic heterocycles. The lowest BCUT2D eigenvalue weighted by Crippen LogP contribution is -1.97. The molecule has 1 N–H and O–H groups in total. The SMILES string of the molecule is Cc1csc(Nc2ncc(Sc3ccccn3)cc2Oc2ccccc2)n1. The Labute approximate surface area is 165 Å². The minimum atomic E-state index is 0.624. The van der Waals surface area contributed by atoms with Crippen LogP contribution in [-0.2, 0) is 0 Å². The van der Waals surface area contributed by atoms with Crippen LogP contribution in [0.4, 0.5) is 10.9 Å². The lowest BCUT2D eigenvalue weighted by atomic mass is 10.3. The molecule has 1 aromatic carbocycles. The summed E-state index contributed by atoms with van der Waals surface area (Å²) >= 11 is 3.07. The molecule has 0 fully saturated rings. The maximum absolute atomic E-state index is 6.08. The Hall–Kier alpha value is -2.90. The second-order valence-corrected chi connectivity index (χ2v) is 7.57. The average Bonchev–Trinajstić information content (AvgIpc) is 3.10. The average molecular weight is 393 g/mol. The van der Waals surface area contributed by atoms with Gasteiger partial charge in [-0.25, -0.2) is 15.0 Å². The molecule has 27 heavy (non-hydrogen) atoms. The fraction of sp³-hybridized carbons (Fsp3) is 0.0500. The van der Waals surface area contributed by atoms with Crippen molar-refractivity contribution < 1.29 is 4.74 Å². The van der Waals surface area contributed by atoms with Crippen LogP contribution in [0.2, 0.25) is 0 Å². The van der Waals surface area contributed by atoms with Gasteiger partial charge in [-0.3, -0.25) is 0 Å². The number of ether oxygens (including phenoxy) is 1. The summed E-state index contributed by atoms with van der Waals surface area (Å²) < 4.78 is 6.08. The molecule has 0 aliphatic heterocycles. The molecule has 0 atom stereocenters. The highest BCUT2D eigenvalue weighted by molar-refractivity contribution is 7.99. The third-order valence-electron chi connectivity index (χ3n) is 3.50. The summed E-state index contributed by atoms with van der Waals surface area (Å²) in [5.74, 6) is 2.01. The Balaban J connectivity index is 1.64. The van der Waals surface area contributed by atoms with Crippen molar-refractivity contribution in [2.75, 3.05) is 5.32 Å². The van der Waals surface area contributed by atoms with Crippen molar-refractivity contribution >= 4 is 34.0 Å². The summed E-state index contributed by atoms with van der Waals surface area (Å²) in [6.45, 7) is 1.96. The standard InChI is InChI=1S/C20H16N4OS2/c1-14-13-26-20(23-14)24-19-17(25-15-7-3-2-4-8-15)11-16(12-22-19)27-18-9-5-6-10-21-18/h2-13H,1H3,(H,22,23,24). The molecular formula is C20H16N4OS2. The normalized spacial score (nSPS) is 10.6. The van der Waals surface area contributed by atoms with Crippen molar-refractivity contribution in [3.63, 3.8) is 0 Å². The minimum absolute atomic E-state index is 0.624. The fourth-order valence-electron chi connectivity index (χ4n) is 2.31. The van der Waals surface area contributed by atoms with E-state index in [-0.39, 0.29) is 0 Å². The number of hydrogen-bond acceptors (Lipinski definition) is 7. The van der Waals surface area contributed by atoms with E-state index in [1.807, 2.05) is 66.9 Å². The fourth-order valence-corrected chi connectivity index (χ4v) is 3.77. The molecule has 0 bridgehead atoms. The van der Waals surface area contributed by atoms with Crippen molar-refractivity contribution in [3.05, 3.63) is 78.1 Å². The minimum Gasteiger partial charge on any atom is -0.453 e. The topological polar surface area (TPSA) is 59.9 Å². The van der Waals surface area contributed by atoms with Gasteiger partial charge in [-0.15, -0.1) is 11.3 Å². The first-order chi connectivity index (χ1) is 13.3. The van der Waals surface area contributed by atoms with Crippen molar-refractivity contribution in [3.8, 4) is 11.5 Å². The Morgan fingerprint density at radius 3 is 2.63 bits per heavy atom. The van der Waals surface area contributed by atoms with Crippen LogP contribution >= 0.6 is 23.1 Å². The van der Waals surface area contributed by atoms with Gasteiger partial charge in [0.15, 0.2) is 16.7 Å². The maximum atomic E-state index is 6.08. The van der Waals surface area contributed by atoms with Crippen molar-refractivity contribution in [2.24, 2.45) is 0 Å². The summed E-state index contributed by atoms with van der Waals surface area (Å²) in [5, 5.41) is 6.93. The highest BCUT2D eigenvalue weighted by atomic mass is 32.2. The van der Waals surface area contributed by atoms with Gasteiger partial charge < -0.3 is 10.1 Å². The summed E-state index contributed by atoms with van der Waals surface area (Å²) in [7, 11) is 0. The molecule has 0 spiro atoms. The second kappa shape index (κ2) is 8.20. The van der Waals surface area contributed by atoms with Crippen LogP contribution in [0.25, 0.3) is 0 Å². The summed E-state index contributed by atoms with van der Waals surface area (Å²) in [6.07, 6.45) is 3.58. The van der Waals surface area contributed by atoms with E-state index < -0.39 is 0 Å². The van der Waals surface area contributed by atoms with E-state index in [0.29, 0.717) is 11.6 Å². The van der Waals surface area contributed by atoms with E-state index >= 15 is 0 Å². The van der Waals surface area contributed by atoms with Crippen LogP contribution in [0.15, 0.2) is 82.3 Å². The van der Waals surface area contributed by atoms with E-state index in [1.165, 1.54) is 23.1 Å². The van der Waals surface area contributed by atoms with Gasteiger partial charge in [0.25, 0.3) is 0 Å².